The van der Waals surface area contributed by atoms with Crippen molar-refractivity contribution in [2.24, 2.45) is 4.99 Å². The Morgan fingerprint density at radius 3 is 2.89 bits per heavy atom. The molecule has 0 radical (unpaired) electrons. The van der Waals surface area contributed by atoms with Gasteiger partial charge in [0.15, 0.2) is 11.9 Å². The highest BCUT2D eigenvalue weighted by atomic mass is 19.1. The van der Waals surface area contributed by atoms with Crippen molar-refractivity contribution in [3.05, 3.63) is 12.0 Å². The number of aliphatic hydroxyl groups is 1. The van der Waals surface area contributed by atoms with Crippen LogP contribution in [0.25, 0.3) is 0 Å². The van der Waals surface area contributed by atoms with Crippen molar-refractivity contribution < 1.29 is 14.3 Å². The minimum absolute atomic E-state index is 0.773. The molecule has 1 unspecified atom stereocenters. The Labute approximate surface area is 50.5 Å². The van der Waals surface area contributed by atoms with Gasteiger partial charge in [0.05, 0.1) is 6.20 Å². The summed E-state index contributed by atoms with van der Waals surface area (Å²) in [6.45, 7) is 0. The lowest BCUT2D eigenvalue weighted by molar-refractivity contribution is -0.121. The number of carbonyl (C=O) groups is 1. The molecule has 1 heterocycles. The molecule has 4 heteroatoms. The molecule has 1 aliphatic rings. The lowest BCUT2D eigenvalue weighted by Crippen LogP contribution is -2.24. The third-order valence-electron chi connectivity index (χ3n) is 0.919. The highest BCUT2D eigenvalue weighted by molar-refractivity contribution is 6.08. The fourth-order valence-corrected chi connectivity index (χ4v) is 0.463. The quantitative estimate of drug-likeness (QED) is 0.493. The summed E-state index contributed by atoms with van der Waals surface area (Å²) < 4.78 is 12.1. The second-order valence-corrected chi connectivity index (χ2v) is 1.58. The first-order valence-electron chi connectivity index (χ1n) is 2.33. The molecular formula is C5H4FNO2. The average molecular weight is 129 g/mol. The summed E-state index contributed by atoms with van der Waals surface area (Å²) in [5, 5.41) is 8.57. The van der Waals surface area contributed by atoms with Crippen molar-refractivity contribution in [3.8, 4) is 0 Å². The van der Waals surface area contributed by atoms with Crippen LogP contribution in [-0.4, -0.2) is 23.2 Å². The first-order chi connectivity index (χ1) is 4.22. The van der Waals surface area contributed by atoms with Crippen LogP contribution in [0.4, 0.5) is 4.39 Å². The van der Waals surface area contributed by atoms with Crippen molar-refractivity contribution in [2.45, 2.75) is 6.10 Å². The van der Waals surface area contributed by atoms with E-state index in [0.717, 1.165) is 12.4 Å². The lowest BCUT2D eigenvalue weighted by Gasteiger charge is -2.03. The lowest BCUT2D eigenvalue weighted by atomic mass is 10.2. The number of carbonyl (C=O) groups excluding carboxylic acids is 1. The Kier molecular flexibility index (Phi) is 1.40. The molecule has 0 spiro atoms. The molecule has 0 saturated heterocycles. The summed E-state index contributed by atoms with van der Waals surface area (Å²) in [6.07, 6.45) is 0.357. The zero-order valence-corrected chi connectivity index (χ0v) is 4.41. The Hall–Kier alpha value is -1.03. The summed E-state index contributed by atoms with van der Waals surface area (Å²) >= 11 is 0. The zero-order chi connectivity index (χ0) is 6.85. The van der Waals surface area contributed by atoms with Gasteiger partial charge in [-0.05, 0) is 0 Å². The predicted molar refractivity (Wildman–Crippen MR) is 28.7 cm³/mol. The highest BCUT2D eigenvalue weighted by Crippen LogP contribution is 2.05. The molecule has 0 fully saturated rings. The smallest absolute Gasteiger partial charge is 0.226 e. The van der Waals surface area contributed by atoms with Gasteiger partial charge in [0.2, 0.25) is 5.78 Å². The van der Waals surface area contributed by atoms with Crippen molar-refractivity contribution in [3.63, 3.8) is 0 Å². The zero-order valence-electron chi connectivity index (χ0n) is 4.41. The number of hydrogen-bond acceptors (Lipinski definition) is 3. The van der Waals surface area contributed by atoms with Gasteiger partial charge in [-0.1, -0.05) is 0 Å². The number of halogens is 1. The Bertz CT molecular complexity index is 197. The minimum atomic E-state index is -1.39. The maximum absolute atomic E-state index is 12.1. The molecule has 0 aromatic carbocycles. The van der Waals surface area contributed by atoms with E-state index in [9.17, 15) is 9.18 Å². The largest absolute Gasteiger partial charge is 0.379 e. The van der Waals surface area contributed by atoms with E-state index in [0.29, 0.717) is 0 Å². The van der Waals surface area contributed by atoms with E-state index in [1.807, 2.05) is 0 Å². The van der Waals surface area contributed by atoms with Crippen LogP contribution in [0.5, 0.6) is 0 Å². The van der Waals surface area contributed by atoms with Gasteiger partial charge in [-0.2, -0.15) is 0 Å². The van der Waals surface area contributed by atoms with Gasteiger partial charge in [-0.15, -0.1) is 0 Å². The van der Waals surface area contributed by atoms with E-state index in [4.69, 9.17) is 5.11 Å². The van der Waals surface area contributed by atoms with Crippen LogP contribution < -0.4 is 0 Å². The third-order valence-corrected chi connectivity index (χ3v) is 0.919. The number of nitrogens with zero attached hydrogens (tertiary/aromatic N) is 1. The first-order valence-corrected chi connectivity index (χ1v) is 2.33. The molecule has 0 saturated carbocycles. The van der Waals surface area contributed by atoms with Gasteiger partial charge >= 0.3 is 0 Å². The van der Waals surface area contributed by atoms with Crippen LogP contribution in [0, 0.1) is 0 Å². The highest BCUT2D eigenvalue weighted by Gasteiger charge is 2.19. The molecule has 0 bridgehead atoms. The summed E-state index contributed by atoms with van der Waals surface area (Å²) in [7, 11) is 0. The second kappa shape index (κ2) is 2.06. The van der Waals surface area contributed by atoms with Gasteiger partial charge in [0.25, 0.3) is 0 Å². The molecule has 1 rings (SSSR count). The van der Waals surface area contributed by atoms with E-state index in [2.05, 4.69) is 4.99 Å². The van der Waals surface area contributed by atoms with Gasteiger partial charge in [-0.3, -0.25) is 9.79 Å². The van der Waals surface area contributed by atoms with Gasteiger partial charge < -0.3 is 5.11 Å². The normalized spacial score (nSPS) is 26.2. The molecule has 9 heavy (non-hydrogen) atoms. The summed E-state index contributed by atoms with van der Waals surface area (Å²) in [6, 6.07) is 0. The predicted octanol–water partition coefficient (Wildman–Crippen LogP) is -0.188. The number of aliphatic hydroxyl groups excluding tert-OH is 1. The van der Waals surface area contributed by atoms with Gasteiger partial charge in [0.1, 0.15) is 0 Å². The van der Waals surface area contributed by atoms with Gasteiger partial charge in [0, 0.05) is 6.21 Å². The molecule has 0 aromatic heterocycles. The monoisotopic (exact) mass is 129 g/mol. The molecule has 1 atom stereocenters. The van der Waals surface area contributed by atoms with E-state index >= 15 is 0 Å². The SMILES string of the molecule is O=C1C(F)=CN=CC1O. The van der Waals surface area contributed by atoms with Crippen LogP contribution in [0.2, 0.25) is 0 Å². The standard InChI is InChI=1S/C5H4FNO2/c6-3-1-7-2-4(8)5(3)9/h1-2,4,8H. The van der Waals surface area contributed by atoms with Crippen LogP contribution in [0.1, 0.15) is 0 Å². The molecular weight excluding hydrogens is 125 g/mol. The molecule has 48 valence electrons. The van der Waals surface area contributed by atoms with E-state index < -0.39 is 17.7 Å². The Morgan fingerprint density at radius 2 is 2.44 bits per heavy atom. The molecule has 0 aromatic rings. The molecule has 3 nitrogen and oxygen atoms in total. The number of ketones is 1. The first kappa shape index (κ1) is 6.10. The van der Waals surface area contributed by atoms with Crippen LogP contribution >= 0.6 is 0 Å². The van der Waals surface area contributed by atoms with Crippen LogP contribution in [0.3, 0.4) is 0 Å². The Morgan fingerprint density at radius 1 is 1.78 bits per heavy atom. The number of aliphatic imine (C=N–C) groups is 1. The Balaban J connectivity index is 2.86. The fourth-order valence-electron chi connectivity index (χ4n) is 0.463. The maximum atomic E-state index is 12.1. The minimum Gasteiger partial charge on any atom is -0.379 e. The van der Waals surface area contributed by atoms with E-state index in [1.165, 1.54) is 0 Å². The summed E-state index contributed by atoms with van der Waals surface area (Å²) in [4.78, 5) is 13.6. The van der Waals surface area contributed by atoms with E-state index in [1.54, 1.807) is 0 Å². The number of hydrogen-bond donors (Lipinski definition) is 1. The van der Waals surface area contributed by atoms with Crippen LogP contribution in [-0.2, 0) is 4.79 Å². The molecule has 1 N–H and O–H groups in total. The number of rotatable bonds is 0. The van der Waals surface area contributed by atoms with Crippen molar-refractivity contribution in [1.29, 1.82) is 0 Å². The second-order valence-electron chi connectivity index (χ2n) is 1.58. The van der Waals surface area contributed by atoms with Gasteiger partial charge in [-0.25, -0.2) is 4.39 Å². The van der Waals surface area contributed by atoms with E-state index in [-0.39, 0.29) is 0 Å². The number of Topliss-reactive ketones (excluding diaryl/α,β-unsaturated/α-hetero) is 1. The molecule has 0 amide bonds. The summed E-state index contributed by atoms with van der Waals surface area (Å²) in [5.74, 6) is -1.92. The third kappa shape index (κ3) is 1.02. The topological polar surface area (TPSA) is 49.7 Å². The summed E-state index contributed by atoms with van der Waals surface area (Å²) in [5.41, 5.74) is 0. The maximum Gasteiger partial charge on any atom is 0.226 e. The average Bonchev–Trinajstić information content (AvgIpc) is 1.83. The molecule has 0 aliphatic carbocycles. The molecule has 1 aliphatic heterocycles. The van der Waals surface area contributed by atoms with Crippen LogP contribution in [0.15, 0.2) is 17.0 Å². The fraction of sp³-hybridized carbons (Fsp3) is 0.200. The van der Waals surface area contributed by atoms with Crippen molar-refractivity contribution in [2.75, 3.05) is 0 Å². The van der Waals surface area contributed by atoms with Crippen molar-refractivity contribution in [1.82, 2.24) is 0 Å². The van der Waals surface area contributed by atoms with Crippen molar-refractivity contribution >= 4 is 12.0 Å².